The largest absolute Gasteiger partial charge is 0.505 e. The Bertz CT molecular complexity index is 1680. The van der Waals surface area contributed by atoms with Gasteiger partial charge in [0.25, 0.3) is 5.56 Å². The van der Waals surface area contributed by atoms with Crippen molar-refractivity contribution in [3.63, 3.8) is 0 Å². The van der Waals surface area contributed by atoms with Crippen LogP contribution in [0.5, 0.6) is 5.75 Å². The Kier molecular flexibility index (Phi) is 11.5. The van der Waals surface area contributed by atoms with Crippen LogP contribution >= 0.6 is 0 Å². The molecule has 4 aromatic rings. The van der Waals surface area contributed by atoms with Gasteiger partial charge in [-0.15, -0.1) is 10.2 Å². The second-order valence-corrected chi connectivity index (χ2v) is 11.9. The average molecular weight is 625 g/mol. The lowest BCUT2D eigenvalue weighted by molar-refractivity contribution is 0.0697. The zero-order valence-electron chi connectivity index (χ0n) is 26.5. The van der Waals surface area contributed by atoms with Crippen molar-refractivity contribution in [3.8, 4) is 22.6 Å². The topological polar surface area (TPSA) is 144 Å². The van der Waals surface area contributed by atoms with E-state index in [0.717, 1.165) is 24.9 Å². The summed E-state index contributed by atoms with van der Waals surface area (Å²) in [7, 11) is 0. The first-order chi connectivity index (χ1) is 22.4. The number of hydrogen-bond donors (Lipinski definition) is 5. The summed E-state index contributed by atoms with van der Waals surface area (Å²) in [5, 5.41) is 37.9. The van der Waals surface area contributed by atoms with E-state index in [1.165, 1.54) is 92.6 Å². The normalized spacial score (nSPS) is 15.8. The lowest BCUT2D eigenvalue weighted by Crippen LogP contribution is -2.21. The Balaban J connectivity index is 0.000000289. The van der Waals surface area contributed by atoms with Crippen LogP contribution in [0.25, 0.3) is 16.8 Å². The summed E-state index contributed by atoms with van der Waals surface area (Å²) in [5.74, 6) is -1.21. The highest BCUT2D eigenvalue weighted by Gasteiger charge is 2.17. The number of aromatic nitrogens is 2. The minimum Gasteiger partial charge on any atom is -0.505 e. The van der Waals surface area contributed by atoms with Gasteiger partial charge in [-0.25, -0.2) is 9.48 Å². The molecule has 242 valence electrons. The van der Waals surface area contributed by atoms with E-state index < -0.39 is 5.97 Å². The second kappa shape index (κ2) is 16.1. The second-order valence-electron chi connectivity index (χ2n) is 11.9. The number of phenolic OH excluding ortho intramolecular Hbond substituents is 1. The molecule has 1 aliphatic carbocycles. The number of hydrogen-bond acceptors (Lipinski definition) is 7. The molecule has 3 aromatic carbocycles. The molecule has 1 aromatic heterocycles. The van der Waals surface area contributed by atoms with E-state index in [9.17, 15) is 19.8 Å². The van der Waals surface area contributed by atoms with Crippen LogP contribution < -0.4 is 16.2 Å². The van der Waals surface area contributed by atoms with Crippen molar-refractivity contribution >= 4 is 17.3 Å². The molecule has 0 spiro atoms. The van der Waals surface area contributed by atoms with Gasteiger partial charge >= 0.3 is 5.97 Å². The molecule has 0 unspecified atom stereocenters. The number of azo groups is 1. The summed E-state index contributed by atoms with van der Waals surface area (Å²) >= 11 is 0. The van der Waals surface area contributed by atoms with Crippen LogP contribution in [0.15, 0.2) is 75.7 Å². The van der Waals surface area contributed by atoms with Crippen molar-refractivity contribution in [2.45, 2.75) is 64.7 Å². The number of H-pyrrole nitrogens is 1. The molecule has 10 heteroatoms. The van der Waals surface area contributed by atoms with Crippen molar-refractivity contribution in [1.29, 1.82) is 0 Å². The third-order valence-electron chi connectivity index (χ3n) is 8.49. The van der Waals surface area contributed by atoms with Crippen LogP contribution in [0, 0.1) is 6.92 Å². The van der Waals surface area contributed by atoms with Gasteiger partial charge in [0.1, 0.15) is 5.69 Å². The van der Waals surface area contributed by atoms with E-state index in [0.29, 0.717) is 16.8 Å². The minimum atomic E-state index is -1.06. The van der Waals surface area contributed by atoms with Gasteiger partial charge in [0.05, 0.1) is 16.9 Å². The number of phenols is 1. The van der Waals surface area contributed by atoms with Crippen molar-refractivity contribution in [2.75, 3.05) is 26.2 Å². The Morgan fingerprint density at radius 3 is 2.09 bits per heavy atom. The number of aryl methyl sites for hydroxylation is 3. The molecule has 2 saturated heterocycles. The minimum absolute atomic E-state index is 0.110. The number of aromatic carboxylic acids is 1. The summed E-state index contributed by atoms with van der Waals surface area (Å²) in [5.41, 5.74) is 4.94. The van der Waals surface area contributed by atoms with Gasteiger partial charge in [-0.1, -0.05) is 43.2 Å². The zero-order chi connectivity index (χ0) is 32.3. The Morgan fingerprint density at radius 2 is 1.46 bits per heavy atom. The molecule has 0 saturated carbocycles. The summed E-state index contributed by atoms with van der Waals surface area (Å²) in [6, 6.07) is 17.2. The fourth-order valence-corrected chi connectivity index (χ4v) is 5.91. The number of rotatable bonds is 5. The van der Waals surface area contributed by atoms with Crippen LogP contribution in [-0.2, 0) is 12.8 Å². The van der Waals surface area contributed by atoms with Gasteiger partial charge in [-0.2, -0.15) is 0 Å². The number of nitrogens with zero attached hydrogens (tertiary/aromatic N) is 3. The van der Waals surface area contributed by atoms with Crippen LogP contribution in [0.2, 0.25) is 0 Å². The SMILES string of the molecule is C1CCNCC1.C1CCNCC1.Cc1[nH]n(-c2ccc3c(c2)CCC3)c(=O)c1N=Nc1cccc(-c2cccc(C(=O)O)c2)c1O. The van der Waals surface area contributed by atoms with Gasteiger partial charge in [-0.05, 0) is 125 Å². The maximum Gasteiger partial charge on any atom is 0.335 e. The highest BCUT2D eigenvalue weighted by molar-refractivity contribution is 5.90. The number of aromatic amines is 1. The highest BCUT2D eigenvalue weighted by Crippen LogP contribution is 2.38. The lowest BCUT2D eigenvalue weighted by Gasteiger charge is -2.08. The molecule has 3 aliphatic rings. The summed E-state index contributed by atoms with van der Waals surface area (Å²) < 4.78 is 1.45. The highest BCUT2D eigenvalue weighted by atomic mass is 16.4. The summed E-state index contributed by atoms with van der Waals surface area (Å²) in [6.45, 7) is 6.74. The number of carboxylic acid groups (broad SMARTS) is 1. The number of piperidine rings is 2. The van der Waals surface area contributed by atoms with Gasteiger partial charge < -0.3 is 20.8 Å². The van der Waals surface area contributed by atoms with Gasteiger partial charge in [0.15, 0.2) is 11.4 Å². The predicted molar refractivity (Wildman–Crippen MR) is 181 cm³/mol. The third kappa shape index (κ3) is 8.38. The standard InChI is InChI=1S/C26H22N4O4.2C5H11N/c1-15-23(25(32)30(29-15)20-12-11-16-5-2-6-17(16)14-20)28-27-22-10-4-9-21(24(22)31)18-7-3-8-19(13-18)26(33)34;2*1-2-4-6-5-3-1/h3-4,7-14,29,31H,2,5-6H2,1H3,(H,33,34);2*6H,1-5H2. The van der Waals surface area contributed by atoms with E-state index in [-0.39, 0.29) is 28.2 Å². The molecule has 5 N–H and O–H groups in total. The maximum atomic E-state index is 13.0. The van der Waals surface area contributed by atoms with Gasteiger partial charge in [0.2, 0.25) is 0 Å². The van der Waals surface area contributed by atoms with Gasteiger partial charge in [0, 0.05) is 5.56 Å². The molecule has 2 fully saturated rings. The monoisotopic (exact) mass is 624 g/mol. The van der Waals surface area contributed by atoms with Crippen molar-refractivity contribution in [2.24, 2.45) is 10.2 Å². The first kappa shape index (κ1) is 32.8. The first-order valence-corrected chi connectivity index (χ1v) is 16.3. The summed E-state index contributed by atoms with van der Waals surface area (Å²) in [6.07, 6.45) is 11.6. The summed E-state index contributed by atoms with van der Waals surface area (Å²) in [4.78, 5) is 24.3. The number of carbonyl (C=O) groups is 1. The molecule has 3 heterocycles. The zero-order valence-corrected chi connectivity index (χ0v) is 26.5. The van der Waals surface area contributed by atoms with Crippen molar-refractivity contribution in [1.82, 2.24) is 20.4 Å². The van der Waals surface area contributed by atoms with E-state index in [2.05, 4.69) is 32.0 Å². The number of aromatic hydroxyl groups is 1. The Hall–Kier alpha value is -4.54. The third-order valence-corrected chi connectivity index (χ3v) is 8.49. The molecular weight excluding hydrogens is 580 g/mol. The van der Waals surface area contributed by atoms with Crippen molar-refractivity contribution in [3.05, 3.63) is 93.4 Å². The molecule has 0 atom stereocenters. The molecule has 7 rings (SSSR count). The van der Waals surface area contributed by atoms with Crippen LogP contribution in [0.4, 0.5) is 11.4 Å². The van der Waals surface area contributed by atoms with Crippen molar-refractivity contribution < 1.29 is 15.0 Å². The average Bonchev–Trinajstić information content (AvgIpc) is 3.69. The van der Waals surface area contributed by atoms with E-state index in [1.54, 1.807) is 37.3 Å². The quantitative estimate of drug-likeness (QED) is 0.152. The molecule has 0 amide bonds. The van der Waals surface area contributed by atoms with Gasteiger partial charge in [-0.3, -0.25) is 9.89 Å². The Labute approximate surface area is 269 Å². The molecular formula is C36H44N6O4. The number of benzene rings is 3. The molecule has 0 bridgehead atoms. The van der Waals surface area contributed by atoms with E-state index >= 15 is 0 Å². The predicted octanol–water partition coefficient (Wildman–Crippen LogP) is 6.97. The maximum absolute atomic E-state index is 13.0. The fourth-order valence-electron chi connectivity index (χ4n) is 5.91. The first-order valence-electron chi connectivity index (χ1n) is 16.3. The molecule has 46 heavy (non-hydrogen) atoms. The van der Waals surface area contributed by atoms with E-state index in [4.69, 9.17) is 0 Å². The Morgan fingerprint density at radius 1 is 0.783 bits per heavy atom. The smallest absolute Gasteiger partial charge is 0.335 e. The van der Waals surface area contributed by atoms with Crippen LogP contribution in [0.1, 0.15) is 72.1 Å². The molecule has 10 nitrogen and oxygen atoms in total. The van der Waals surface area contributed by atoms with Crippen LogP contribution in [-0.4, -0.2) is 52.1 Å². The van der Waals surface area contributed by atoms with Crippen LogP contribution in [0.3, 0.4) is 0 Å². The number of fused-ring (bicyclic) bond motifs is 1. The molecule has 2 aliphatic heterocycles. The lowest BCUT2D eigenvalue weighted by atomic mass is 10.0. The number of para-hydroxylation sites is 1. The number of carboxylic acids is 1. The van der Waals surface area contributed by atoms with E-state index in [1.807, 2.05) is 12.1 Å². The fraction of sp³-hybridized carbons (Fsp3) is 0.389. The molecule has 0 radical (unpaired) electrons. The number of nitrogens with one attached hydrogen (secondary N) is 3.